The largest absolute Gasteiger partial charge is 0.486 e. The van der Waals surface area contributed by atoms with Crippen LogP contribution >= 0.6 is 12.2 Å². The highest BCUT2D eigenvalue weighted by atomic mass is 32.1. The maximum atomic E-state index is 5.72. The van der Waals surface area contributed by atoms with E-state index < -0.39 is 0 Å². The first-order chi connectivity index (χ1) is 8.19. The summed E-state index contributed by atoms with van der Waals surface area (Å²) in [4.78, 5) is 0. The van der Waals surface area contributed by atoms with Crippen LogP contribution in [0, 0.1) is 0 Å². The summed E-state index contributed by atoms with van der Waals surface area (Å²) < 4.78 is 16.3. The van der Waals surface area contributed by atoms with Gasteiger partial charge < -0.3 is 25.3 Å². The average Bonchev–Trinajstić information content (AvgIpc) is 2.28. The van der Waals surface area contributed by atoms with Gasteiger partial charge in [0.05, 0.1) is 6.61 Å². The van der Waals surface area contributed by atoms with Crippen molar-refractivity contribution in [1.82, 2.24) is 0 Å². The Balaban J connectivity index is 2.14. The fraction of sp³-hybridized carbons (Fsp3) is 0.364. The van der Waals surface area contributed by atoms with Gasteiger partial charge in [0.1, 0.15) is 6.61 Å². The Morgan fingerprint density at radius 3 is 3.12 bits per heavy atom. The first-order valence-corrected chi connectivity index (χ1v) is 5.59. The van der Waals surface area contributed by atoms with Crippen molar-refractivity contribution in [3.05, 3.63) is 18.2 Å². The number of ether oxygens (including phenoxy) is 3. The summed E-state index contributed by atoms with van der Waals surface area (Å²) in [7, 11) is 1.63. The second kappa shape index (κ2) is 5.20. The third-order valence-electron chi connectivity index (χ3n) is 2.28. The smallest absolute Gasteiger partial charge is 0.168 e. The molecule has 1 aliphatic heterocycles. The van der Waals surface area contributed by atoms with Gasteiger partial charge in [-0.05, 0) is 24.4 Å². The molecule has 3 N–H and O–H groups in total. The van der Waals surface area contributed by atoms with Crippen molar-refractivity contribution in [2.45, 2.75) is 6.10 Å². The molecule has 2 rings (SSSR count). The maximum Gasteiger partial charge on any atom is 0.168 e. The number of nitrogens with two attached hydrogens (primary N) is 1. The summed E-state index contributed by atoms with van der Waals surface area (Å²) >= 11 is 4.77. The molecule has 17 heavy (non-hydrogen) atoms. The summed E-state index contributed by atoms with van der Waals surface area (Å²) in [5.74, 6) is 1.38. The standard InChI is InChI=1S/C11H14N2O3S/c1-14-5-8-6-15-9-3-2-7(13-11(12)17)4-10(9)16-8/h2-4,8H,5-6H2,1H3,(H3,12,13,17). The van der Waals surface area contributed by atoms with E-state index in [0.29, 0.717) is 24.7 Å². The highest BCUT2D eigenvalue weighted by Crippen LogP contribution is 2.34. The Hall–Kier alpha value is -1.53. The van der Waals surface area contributed by atoms with Gasteiger partial charge in [-0.1, -0.05) is 0 Å². The summed E-state index contributed by atoms with van der Waals surface area (Å²) in [6, 6.07) is 5.45. The molecule has 6 heteroatoms. The van der Waals surface area contributed by atoms with E-state index in [0.717, 1.165) is 5.69 Å². The second-order valence-corrected chi connectivity index (χ2v) is 4.10. The predicted molar refractivity (Wildman–Crippen MR) is 68.6 cm³/mol. The van der Waals surface area contributed by atoms with Gasteiger partial charge in [-0.3, -0.25) is 0 Å². The monoisotopic (exact) mass is 254 g/mol. The molecule has 0 aliphatic carbocycles. The number of thiocarbonyl (C=S) groups is 1. The first kappa shape index (κ1) is 11.9. The quantitative estimate of drug-likeness (QED) is 0.788. The second-order valence-electron chi connectivity index (χ2n) is 3.66. The molecule has 0 fully saturated rings. The van der Waals surface area contributed by atoms with Crippen molar-refractivity contribution in [3.63, 3.8) is 0 Å². The Labute approximate surface area is 105 Å². The number of rotatable bonds is 3. The SMILES string of the molecule is COCC1COc2ccc(NC(N)=S)cc2O1. The lowest BCUT2D eigenvalue weighted by Gasteiger charge is -2.26. The number of methoxy groups -OCH3 is 1. The van der Waals surface area contributed by atoms with Gasteiger partial charge in [0.15, 0.2) is 22.7 Å². The van der Waals surface area contributed by atoms with Crippen LogP contribution in [0.2, 0.25) is 0 Å². The normalized spacial score (nSPS) is 17.6. The van der Waals surface area contributed by atoms with Crippen molar-refractivity contribution >= 4 is 23.0 Å². The zero-order valence-electron chi connectivity index (χ0n) is 9.43. The Kier molecular flexibility index (Phi) is 3.65. The molecule has 0 saturated carbocycles. The zero-order valence-corrected chi connectivity index (χ0v) is 10.3. The highest BCUT2D eigenvalue weighted by Gasteiger charge is 2.21. The van der Waals surface area contributed by atoms with Crippen molar-refractivity contribution in [2.24, 2.45) is 5.73 Å². The fourth-order valence-electron chi connectivity index (χ4n) is 1.60. The number of nitrogens with one attached hydrogen (secondary N) is 1. The van der Waals surface area contributed by atoms with Crippen LogP contribution in [0.5, 0.6) is 11.5 Å². The molecule has 0 bridgehead atoms. The topological polar surface area (TPSA) is 65.7 Å². The van der Waals surface area contributed by atoms with Crippen LogP contribution in [-0.4, -0.2) is 31.5 Å². The van der Waals surface area contributed by atoms with Gasteiger partial charge in [0.2, 0.25) is 0 Å². The van der Waals surface area contributed by atoms with Crippen LogP contribution in [0.1, 0.15) is 0 Å². The lowest BCUT2D eigenvalue weighted by atomic mass is 10.2. The molecule has 1 heterocycles. The van der Waals surface area contributed by atoms with Gasteiger partial charge in [-0.2, -0.15) is 0 Å². The predicted octanol–water partition coefficient (Wildman–Crippen LogP) is 1.13. The number of benzene rings is 1. The van der Waals surface area contributed by atoms with Crippen molar-refractivity contribution in [3.8, 4) is 11.5 Å². The summed E-state index contributed by atoms with van der Waals surface area (Å²) in [5, 5.41) is 3.06. The van der Waals surface area contributed by atoms with Crippen molar-refractivity contribution < 1.29 is 14.2 Å². The van der Waals surface area contributed by atoms with E-state index >= 15 is 0 Å². The van der Waals surface area contributed by atoms with Crippen LogP contribution in [0.4, 0.5) is 5.69 Å². The van der Waals surface area contributed by atoms with Gasteiger partial charge in [0, 0.05) is 18.9 Å². The van der Waals surface area contributed by atoms with Gasteiger partial charge in [-0.25, -0.2) is 0 Å². The summed E-state index contributed by atoms with van der Waals surface area (Å²) in [6.45, 7) is 0.981. The number of anilines is 1. The van der Waals surface area contributed by atoms with Crippen LogP contribution in [-0.2, 0) is 4.74 Å². The minimum absolute atomic E-state index is 0.0902. The summed E-state index contributed by atoms with van der Waals surface area (Å²) in [6.07, 6.45) is -0.0902. The van der Waals surface area contributed by atoms with Gasteiger partial charge >= 0.3 is 0 Å². The Morgan fingerprint density at radius 2 is 2.41 bits per heavy atom. The van der Waals surface area contributed by atoms with E-state index in [-0.39, 0.29) is 11.2 Å². The van der Waals surface area contributed by atoms with Crippen LogP contribution in [0.3, 0.4) is 0 Å². The van der Waals surface area contributed by atoms with E-state index in [2.05, 4.69) is 5.32 Å². The fourth-order valence-corrected chi connectivity index (χ4v) is 1.72. The Bertz CT molecular complexity index is 425. The van der Waals surface area contributed by atoms with Crippen LogP contribution < -0.4 is 20.5 Å². The maximum absolute atomic E-state index is 5.72. The average molecular weight is 254 g/mol. The molecule has 0 amide bonds. The van der Waals surface area contributed by atoms with Crippen molar-refractivity contribution in [1.29, 1.82) is 0 Å². The first-order valence-electron chi connectivity index (χ1n) is 5.18. The van der Waals surface area contributed by atoms with Gasteiger partial charge in [0.25, 0.3) is 0 Å². The molecule has 92 valence electrons. The number of hydrogen-bond donors (Lipinski definition) is 2. The molecule has 0 aromatic heterocycles. The van der Waals surface area contributed by atoms with E-state index in [4.69, 9.17) is 32.2 Å². The van der Waals surface area contributed by atoms with E-state index in [9.17, 15) is 0 Å². The number of hydrogen-bond acceptors (Lipinski definition) is 4. The Morgan fingerprint density at radius 1 is 1.59 bits per heavy atom. The minimum Gasteiger partial charge on any atom is -0.486 e. The third kappa shape index (κ3) is 2.98. The lowest BCUT2D eigenvalue weighted by molar-refractivity contribution is 0.0273. The van der Waals surface area contributed by atoms with E-state index in [1.54, 1.807) is 13.2 Å². The van der Waals surface area contributed by atoms with E-state index in [1.165, 1.54) is 0 Å². The molecule has 1 aromatic rings. The molecule has 5 nitrogen and oxygen atoms in total. The summed E-state index contributed by atoms with van der Waals surface area (Å²) in [5.41, 5.74) is 6.18. The molecule has 0 saturated heterocycles. The zero-order chi connectivity index (χ0) is 12.3. The molecule has 1 atom stereocenters. The minimum atomic E-state index is -0.0902. The van der Waals surface area contributed by atoms with Crippen LogP contribution in [0.25, 0.3) is 0 Å². The molecule has 0 spiro atoms. The van der Waals surface area contributed by atoms with Gasteiger partial charge in [-0.15, -0.1) is 0 Å². The molecule has 1 aromatic carbocycles. The van der Waals surface area contributed by atoms with Crippen molar-refractivity contribution in [2.75, 3.05) is 25.6 Å². The molecule has 0 radical (unpaired) electrons. The molecule has 1 aliphatic rings. The molecular weight excluding hydrogens is 240 g/mol. The molecule has 1 unspecified atom stereocenters. The number of fused-ring (bicyclic) bond motifs is 1. The van der Waals surface area contributed by atoms with E-state index in [1.807, 2.05) is 12.1 Å². The lowest BCUT2D eigenvalue weighted by Crippen LogP contribution is -2.33. The van der Waals surface area contributed by atoms with Crippen LogP contribution in [0.15, 0.2) is 18.2 Å². The molecular formula is C11H14N2O3S. The highest BCUT2D eigenvalue weighted by molar-refractivity contribution is 7.80. The third-order valence-corrected chi connectivity index (χ3v) is 2.38.